The first-order chi connectivity index (χ1) is 12.0. The van der Waals surface area contributed by atoms with E-state index in [4.69, 9.17) is 0 Å². The lowest BCUT2D eigenvalue weighted by Crippen LogP contribution is -2.13. The Morgan fingerprint density at radius 3 is 2.60 bits per heavy atom. The zero-order chi connectivity index (χ0) is 17.8. The summed E-state index contributed by atoms with van der Waals surface area (Å²) in [5.74, 6) is -0.798. The summed E-state index contributed by atoms with van der Waals surface area (Å²) in [5, 5.41) is 17.1. The number of nitro benzene ring substituents is 1. The van der Waals surface area contributed by atoms with Crippen molar-refractivity contribution in [2.75, 3.05) is 5.32 Å². The molecule has 25 heavy (non-hydrogen) atoms. The van der Waals surface area contributed by atoms with Gasteiger partial charge in [0.05, 0.1) is 11.5 Å². The Balaban J connectivity index is 1.67. The van der Waals surface area contributed by atoms with E-state index in [0.717, 1.165) is 0 Å². The van der Waals surface area contributed by atoms with Crippen molar-refractivity contribution in [2.45, 2.75) is 6.54 Å². The molecule has 0 radical (unpaired) electrons. The summed E-state index contributed by atoms with van der Waals surface area (Å²) in [6.07, 6.45) is 1.37. The molecule has 2 aromatic carbocycles. The number of nitro groups is 1. The summed E-state index contributed by atoms with van der Waals surface area (Å²) < 4.78 is 15.0. The molecule has 0 unspecified atom stereocenters. The minimum Gasteiger partial charge on any atom is -0.289 e. The van der Waals surface area contributed by atoms with Crippen molar-refractivity contribution >= 4 is 17.5 Å². The molecule has 8 nitrogen and oxygen atoms in total. The highest BCUT2D eigenvalue weighted by Crippen LogP contribution is 2.13. The predicted molar refractivity (Wildman–Crippen MR) is 86.6 cm³/mol. The summed E-state index contributed by atoms with van der Waals surface area (Å²) in [5.41, 5.74) is 0.570. The maximum atomic E-state index is 13.6. The Morgan fingerprint density at radius 1 is 1.20 bits per heavy atom. The van der Waals surface area contributed by atoms with Crippen LogP contribution in [0.2, 0.25) is 0 Å². The summed E-state index contributed by atoms with van der Waals surface area (Å²) in [4.78, 5) is 26.1. The molecule has 1 amide bonds. The van der Waals surface area contributed by atoms with Gasteiger partial charge < -0.3 is 0 Å². The van der Waals surface area contributed by atoms with Gasteiger partial charge in [-0.25, -0.2) is 14.1 Å². The monoisotopic (exact) mass is 341 g/mol. The van der Waals surface area contributed by atoms with Crippen LogP contribution in [0.5, 0.6) is 0 Å². The number of hydrogen-bond acceptors (Lipinski definition) is 5. The number of benzene rings is 2. The molecule has 1 N–H and O–H groups in total. The van der Waals surface area contributed by atoms with E-state index in [2.05, 4.69) is 15.4 Å². The number of non-ortho nitro benzene ring substituents is 1. The minimum atomic E-state index is -0.548. The van der Waals surface area contributed by atoms with Gasteiger partial charge >= 0.3 is 0 Å². The molecular formula is C16H12FN5O3. The second-order valence-corrected chi connectivity index (χ2v) is 5.12. The number of amides is 1. The van der Waals surface area contributed by atoms with Gasteiger partial charge in [0.1, 0.15) is 12.1 Å². The maximum Gasteiger partial charge on any atom is 0.269 e. The zero-order valence-corrected chi connectivity index (χ0v) is 12.8. The lowest BCUT2D eigenvalue weighted by molar-refractivity contribution is -0.384. The van der Waals surface area contributed by atoms with Crippen LogP contribution < -0.4 is 5.32 Å². The van der Waals surface area contributed by atoms with Crippen molar-refractivity contribution in [3.05, 3.63) is 81.9 Å². The molecule has 0 atom stereocenters. The van der Waals surface area contributed by atoms with Crippen LogP contribution in [0, 0.1) is 15.9 Å². The van der Waals surface area contributed by atoms with E-state index in [1.165, 1.54) is 41.3 Å². The first-order valence-corrected chi connectivity index (χ1v) is 7.21. The minimum absolute atomic E-state index is 0.0553. The smallest absolute Gasteiger partial charge is 0.269 e. The van der Waals surface area contributed by atoms with Crippen LogP contribution in [-0.2, 0) is 6.54 Å². The first-order valence-electron chi connectivity index (χ1n) is 7.21. The second-order valence-electron chi connectivity index (χ2n) is 5.12. The van der Waals surface area contributed by atoms with Crippen LogP contribution in [0.25, 0.3) is 0 Å². The van der Waals surface area contributed by atoms with Gasteiger partial charge in [-0.3, -0.25) is 20.2 Å². The van der Waals surface area contributed by atoms with Crippen LogP contribution in [0.15, 0.2) is 54.9 Å². The molecule has 126 valence electrons. The van der Waals surface area contributed by atoms with Crippen LogP contribution in [0.4, 0.5) is 16.0 Å². The average Bonchev–Trinajstić information content (AvgIpc) is 3.04. The second kappa shape index (κ2) is 6.87. The van der Waals surface area contributed by atoms with Gasteiger partial charge in [-0.1, -0.05) is 18.2 Å². The number of halogens is 1. The largest absolute Gasteiger partial charge is 0.289 e. The standard InChI is InChI=1S/C16H12FN5O3/c17-14-4-2-1-3-12(14)9-21-10-18-16(20-21)19-15(23)11-5-7-13(8-6-11)22(24)25/h1-8,10H,9H2,(H,19,20,23). The Hall–Kier alpha value is -3.62. The Labute approximate surface area is 141 Å². The van der Waals surface area contributed by atoms with Crippen molar-refractivity contribution in [3.63, 3.8) is 0 Å². The highest BCUT2D eigenvalue weighted by molar-refractivity contribution is 6.03. The van der Waals surface area contributed by atoms with Gasteiger partial charge in [0.2, 0.25) is 5.95 Å². The number of carbonyl (C=O) groups excluding carboxylic acids is 1. The molecule has 0 saturated carbocycles. The van der Waals surface area contributed by atoms with E-state index in [1.807, 2.05) is 0 Å². The highest BCUT2D eigenvalue weighted by Gasteiger charge is 2.12. The lowest BCUT2D eigenvalue weighted by atomic mass is 10.2. The number of anilines is 1. The van der Waals surface area contributed by atoms with Crippen LogP contribution in [-0.4, -0.2) is 25.6 Å². The van der Waals surface area contributed by atoms with Crippen molar-refractivity contribution < 1.29 is 14.1 Å². The number of aromatic nitrogens is 3. The summed E-state index contributed by atoms with van der Waals surface area (Å²) in [7, 11) is 0. The number of nitrogens with zero attached hydrogens (tertiary/aromatic N) is 4. The lowest BCUT2D eigenvalue weighted by Gasteiger charge is -2.03. The zero-order valence-electron chi connectivity index (χ0n) is 12.8. The molecule has 1 heterocycles. The molecule has 0 aliphatic carbocycles. The number of carbonyl (C=O) groups is 1. The van der Waals surface area contributed by atoms with E-state index < -0.39 is 10.8 Å². The van der Waals surface area contributed by atoms with Crippen LogP contribution >= 0.6 is 0 Å². The number of rotatable bonds is 5. The number of nitrogens with one attached hydrogen (secondary N) is 1. The summed E-state index contributed by atoms with van der Waals surface area (Å²) >= 11 is 0. The van der Waals surface area contributed by atoms with Gasteiger partial charge in [-0.05, 0) is 18.2 Å². The van der Waals surface area contributed by atoms with Crippen molar-refractivity contribution in [3.8, 4) is 0 Å². The molecule has 9 heteroatoms. The molecular weight excluding hydrogens is 329 g/mol. The Morgan fingerprint density at radius 2 is 1.92 bits per heavy atom. The third-order valence-corrected chi connectivity index (χ3v) is 3.39. The fourth-order valence-electron chi connectivity index (χ4n) is 2.14. The maximum absolute atomic E-state index is 13.6. The fourth-order valence-corrected chi connectivity index (χ4v) is 2.14. The Bertz CT molecular complexity index is 924. The fraction of sp³-hybridized carbons (Fsp3) is 0.0625. The van der Waals surface area contributed by atoms with Gasteiger partial charge in [-0.15, -0.1) is 5.10 Å². The molecule has 3 rings (SSSR count). The molecule has 0 aliphatic rings. The van der Waals surface area contributed by atoms with E-state index in [9.17, 15) is 19.3 Å². The average molecular weight is 341 g/mol. The molecule has 0 bridgehead atoms. The molecule has 1 aromatic heterocycles. The van der Waals surface area contributed by atoms with Crippen LogP contribution in [0.3, 0.4) is 0 Å². The van der Waals surface area contributed by atoms with E-state index >= 15 is 0 Å². The molecule has 0 fully saturated rings. The number of hydrogen-bond donors (Lipinski definition) is 1. The third-order valence-electron chi connectivity index (χ3n) is 3.39. The topological polar surface area (TPSA) is 103 Å². The summed E-state index contributed by atoms with van der Waals surface area (Å²) in [6.45, 7) is 0.174. The molecule has 3 aromatic rings. The molecule has 0 spiro atoms. The van der Waals surface area contributed by atoms with Crippen molar-refractivity contribution in [1.82, 2.24) is 14.8 Å². The first kappa shape index (κ1) is 16.2. The Kier molecular flexibility index (Phi) is 4.46. The van der Waals surface area contributed by atoms with Crippen LogP contribution in [0.1, 0.15) is 15.9 Å². The van der Waals surface area contributed by atoms with Gasteiger partial charge in [0.25, 0.3) is 11.6 Å². The van der Waals surface area contributed by atoms with Gasteiger partial charge in [-0.2, -0.15) is 0 Å². The third kappa shape index (κ3) is 3.83. The normalized spacial score (nSPS) is 10.4. The van der Waals surface area contributed by atoms with E-state index in [0.29, 0.717) is 5.56 Å². The summed E-state index contributed by atoms with van der Waals surface area (Å²) in [6, 6.07) is 11.4. The van der Waals surface area contributed by atoms with Crippen molar-refractivity contribution in [2.24, 2.45) is 0 Å². The quantitative estimate of drug-likeness (QED) is 0.567. The SMILES string of the molecule is O=C(Nc1ncn(Cc2ccccc2F)n1)c1ccc([N+](=O)[O-])cc1. The molecule has 0 saturated heterocycles. The van der Waals surface area contributed by atoms with Gasteiger partial charge in [0, 0.05) is 23.3 Å². The highest BCUT2D eigenvalue weighted by atomic mass is 19.1. The van der Waals surface area contributed by atoms with Crippen molar-refractivity contribution in [1.29, 1.82) is 0 Å². The van der Waals surface area contributed by atoms with E-state index in [-0.39, 0.29) is 29.6 Å². The molecule has 0 aliphatic heterocycles. The predicted octanol–water partition coefficient (Wildman–Crippen LogP) is 2.63. The van der Waals surface area contributed by atoms with E-state index in [1.54, 1.807) is 18.2 Å². The van der Waals surface area contributed by atoms with Gasteiger partial charge in [0.15, 0.2) is 0 Å².